The van der Waals surface area contributed by atoms with Gasteiger partial charge in [-0.25, -0.2) is 14.8 Å². The van der Waals surface area contributed by atoms with E-state index in [1.54, 1.807) is 43.6 Å². The van der Waals surface area contributed by atoms with Crippen molar-refractivity contribution in [3.8, 4) is 11.5 Å². The summed E-state index contributed by atoms with van der Waals surface area (Å²) in [5.41, 5.74) is 0.769. The van der Waals surface area contributed by atoms with E-state index >= 15 is 0 Å². The predicted octanol–water partition coefficient (Wildman–Crippen LogP) is 3.84. The third-order valence-corrected chi connectivity index (χ3v) is 3.14. The Morgan fingerprint density at radius 3 is 2.87 bits per heavy atom. The molecule has 1 heterocycles. The molecule has 6 heteroatoms. The van der Waals surface area contributed by atoms with Gasteiger partial charge in [0.2, 0.25) is 0 Å². The van der Waals surface area contributed by atoms with E-state index in [9.17, 15) is 4.79 Å². The monoisotopic (exact) mass is 311 g/mol. The molecule has 2 aromatic rings. The Morgan fingerprint density at radius 1 is 1.43 bits per heavy atom. The molecule has 0 aliphatic carbocycles. The largest absolute Gasteiger partial charge is 0.478 e. The number of anilines is 1. The molecule has 0 bridgehead atoms. The lowest BCUT2D eigenvalue weighted by Gasteiger charge is -2.14. The third-order valence-electron chi connectivity index (χ3n) is 3.14. The maximum atomic E-state index is 11.2. The first-order chi connectivity index (χ1) is 11.1. The minimum atomic E-state index is -0.988. The number of aromatic nitrogens is 1. The number of benzene rings is 1. The zero-order valence-electron chi connectivity index (χ0n) is 12.9. The number of allylic oxidation sites excluding steroid dienone is 1. The van der Waals surface area contributed by atoms with Gasteiger partial charge in [0.15, 0.2) is 5.82 Å². The average Bonchev–Trinajstić information content (AvgIpc) is 2.54. The van der Waals surface area contributed by atoms with Crippen LogP contribution in [-0.4, -0.2) is 22.8 Å². The summed E-state index contributed by atoms with van der Waals surface area (Å²) in [6, 6.07) is 8.29. The molecule has 1 aromatic carbocycles. The van der Waals surface area contributed by atoms with Gasteiger partial charge in [-0.1, -0.05) is 12.1 Å². The van der Waals surface area contributed by atoms with Gasteiger partial charge < -0.3 is 9.84 Å². The van der Waals surface area contributed by atoms with Crippen LogP contribution in [0.15, 0.2) is 53.9 Å². The van der Waals surface area contributed by atoms with Crippen molar-refractivity contribution >= 4 is 18.5 Å². The van der Waals surface area contributed by atoms with Crippen LogP contribution in [0.3, 0.4) is 0 Å². The summed E-state index contributed by atoms with van der Waals surface area (Å²) >= 11 is 0. The minimum absolute atomic E-state index is 0.208. The lowest BCUT2D eigenvalue weighted by Crippen LogP contribution is -2.08. The normalized spacial score (nSPS) is 10.5. The van der Waals surface area contributed by atoms with Crippen molar-refractivity contribution in [3.63, 3.8) is 0 Å². The summed E-state index contributed by atoms with van der Waals surface area (Å²) in [4.78, 5) is 15.4. The zero-order chi connectivity index (χ0) is 16.8. The van der Waals surface area contributed by atoms with E-state index < -0.39 is 5.97 Å². The first-order valence-electron chi connectivity index (χ1n) is 6.92. The second-order valence-electron chi connectivity index (χ2n) is 4.65. The van der Waals surface area contributed by atoms with Crippen LogP contribution in [0.1, 0.15) is 22.8 Å². The Balaban J connectivity index is 2.33. The van der Waals surface area contributed by atoms with Gasteiger partial charge in [0.1, 0.15) is 11.5 Å². The molecule has 0 aliphatic rings. The van der Waals surface area contributed by atoms with Crippen molar-refractivity contribution in [2.45, 2.75) is 13.8 Å². The van der Waals surface area contributed by atoms with Crippen molar-refractivity contribution in [3.05, 3.63) is 59.9 Å². The number of pyridine rings is 1. The number of hydrazone groups is 1. The van der Waals surface area contributed by atoms with E-state index in [2.05, 4.69) is 16.8 Å². The molecular formula is C17H17N3O3. The summed E-state index contributed by atoms with van der Waals surface area (Å²) < 4.78 is 5.80. The topological polar surface area (TPSA) is 75.0 Å². The highest BCUT2D eigenvalue weighted by Gasteiger charge is 2.12. The zero-order valence-corrected chi connectivity index (χ0v) is 12.9. The summed E-state index contributed by atoms with van der Waals surface area (Å²) in [6.45, 7) is 7.06. The maximum absolute atomic E-state index is 11.2. The second kappa shape index (κ2) is 7.22. The number of carbonyl (C=O) groups is 1. The first-order valence-corrected chi connectivity index (χ1v) is 6.92. The molecular weight excluding hydrogens is 294 g/mol. The van der Waals surface area contributed by atoms with Crippen molar-refractivity contribution in [1.82, 2.24) is 4.98 Å². The fourth-order valence-electron chi connectivity index (χ4n) is 2.01. The molecule has 2 rings (SSSR count). The van der Waals surface area contributed by atoms with E-state index in [0.29, 0.717) is 22.9 Å². The molecule has 0 saturated heterocycles. The van der Waals surface area contributed by atoms with Crippen LogP contribution in [-0.2, 0) is 0 Å². The van der Waals surface area contributed by atoms with E-state index in [-0.39, 0.29) is 5.56 Å². The molecule has 1 N–H and O–H groups in total. The van der Waals surface area contributed by atoms with E-state index in [4.69, 9.17) is 9.84 Å². The fraction of sp³-hybridized carbons (Fsp3) is 0.118. The molecule has 0 amide bonds. The van der Waals surface area contributed by atoms with Gasteiger partial charge in [-0.05, 0) is 32.0 Å². The molecule has 23 heavy (non-hydrogen) atoms. The van der Waals surface area contributed by atoms with Crippen LogP contribution in [0.2, 0.25) is 0 Å². The number of aromatic carboxylic acids is 1. The number of nitrogens with zero attached hydrogens (tertiary/aromatic N) is 3. The first kappa shape index (κ1) is 16.2. The lowest BCUT2D eigenvalue weighted by molar-refractivity contribution is 0.0695. The SMILES string of the molecule is C=NN(/C=C\C)c1cc(Oc2cccc(C(=O)O)c2C)ccn1. The molecule has 118 valence electrons. The van der Waals surface area contributed by atoms with Gasteiger partial charge in [-0.15, -0.1) is 0 Å². The van der Waals surface area contributed by atoms with E-state index in [1.807, 2.05) is 13.0 Å². The summed E-state index contributed by atoms with van der Waals surface area (Å²) in [5.74, 6) is 0.561. The Kier molecular flexibility index (Phi) is 5.09. The fourth-order valence-corrected chi connectivity index (χ4v) is 2.01. The molecule has 1 aromatic heterocycles. The van der Waals surface area contributed by atoms with Gasteiger partial charge in [0.05, 0.1) is 5.56 Å². The van der Waals surface area contributed by atoms with Crippen LogP contribution in [0, 0.1) is 6.92 Å². The second-order valence-corrected chi connectivity index (χ2v) is 4.65. The highest BCUT2D eigenvalue weighted by atomic mass is 16.5. The highest BCUT2D eigenvalue weighted by molar-refractivity contribution is 5.90. The minimum Gasteiger partial charge on any atom is -0.478 e. The number of carboxylic acid groups (broad SMARTS) is 1. The Labute approximate surface area is 134 Å². The highest BCUT2D eigenvalue weighted by Crippen LogP contribution is 2.28. The average molecular weight is 311 g/mol. The van der Waals surface area contributed by atoms with Gasteiger partial charge in [-0.2, -0.15) is 5.10 Å². The molecule has 0 radical (unpaired) electrons. The molecule has 0 aliphatic heterocycles. The number of carboxylic acids is 1. The Morgan fingerprint density at radius 2 is 2.22 bits per heavy atom. The van der Waals surface area contributed by atoms with E-state index in [1.165, 1.54) is 11.1 Å². The molecule has 0 atom stereocenters. The van der Waals surface area contributed by atoms with Gasteiger partial charge >= 0.3 is 5.97 Å². The summed E-state index contributed by atoms with van der Waals surface area (Å²) in [6.07, 6.45) is 5.11. The number of ether oxygens (including phenoxy) is 1. The number of hydrogen-bond donors (Lipinski definition) is 1. The van der Waals surface area contributed by atoms with Crippen LogP contribution in [0.25, 0.3) is 0 Å². The van der Waals surface area contributed by atoms with Crippen LogP contribution < -0.4 is 9.75 Å². The van der Waals surface area contributed by atoms with Crippen molar-refractivity contribution in [2.75, 3.05) is 5.01 Å². The summed E-state index contributed by atoms with van der Waals surface area (Å²) in [5, 5.41) is 14.5. The predicted molar refractivity (Wildman–Crippen MR) is 89.3 cm³/mol. The lowest BCUT2D eigenvalue weighted by atomic mass is 10.1. The van der Waals surface area contributed by atoms with E-state index in [0.717, 1.165) is 0 Å². The van der Waals surface area contributed by atoms with Gasteiger partial charge in [-0.3, -0.25) is 0 Å². The van der Waals surface area contributed by atoms with Gasteiger partial charge in [0.25, 0.3) is 0 Å². The molecule has 0 saturated carbocycles. The smallest absolute Gasteiger partial charge is 0.336 e. The van der Waals surface area contributed by atoms with Crippen LogP contribution >= 0.6 is 0 Å². The Bertz CT molecular complexity index is 756. The van der Waals surface area contributed by atoms with Crippen LogP contribution in [0.5, 0.6) is 11.5 Å². The van der Waals surface area contributed by atoms with Crippen molar-refractivity contribution in [2.24, 2.45) is 5.10 Å². The van der Waals surface area contributed by atoms with Gasteiger partial charge in [0, 0.05) is 30.7 Å². The maximum Gasteiger partial charge on any atom is 0.336 e. The molecule has 0 spiro atoms. The number of rotatable bonds is 6. The van der Waals surface area contributed by atoms with Crippen molar-refractivity contribution in [1.29, 1.82) is 0 Å². The molecule has 0 unspecified atom stereocenters. The van der Waals surface area contributed by atoms with Crippen LogP contribution in [0.4, 0.5) is 5.82 Å². The summed E-state index contributed by atoms with van der Waals surface area (Å²) in [7, 11) is 0. The number of hydrogen-bond acceptors (Lipinski definition) is 5. The molecule has 6 nitrogen and oxygen atoms in total. The Hall–Kier alpha value is -3.15. The third kappa shape index (κ3) is 3.74. The quantitative estimate of drug-likeness (QED) is 0.648. The van der Waals surface area contributed by atoms with Crippen molar-refractivity contribution < 1.29 is 14.6 Å². The standard InChI is InChI=1S/C17H17N3O3/c1-4-10-20(18-3)16-11-13(8-9-19-16)23-15-7-5-6-14(12(15)2)17(21)22/h4-11H,3H2,1-2H3,(H,21,22)/b10-4-. The molecule has 0 fully saturated rings.